The van der Waals surface area contributed by atoms with Crippen molar-refractivity contribution in [1.82, 2.24) is 10.6 Å². The van der Waals surface area contributed by atoms with E-state index in [1.165, 1.54) is 28.4 Å². The van der Waals surface area contributed by atoms with E-state index in [0.29, 0.717) is 22.8 Å². The lowest BCUT2D eigenvalue weighted by molar-refractivity contribution is -0.145. The van der Waals surface area contributed by atoms with Crippen molar-refractivity contribution in [2.45, 2.75) is 6.04 Å². The van der Waals surface area contributed by atoms with Crippen molar-refractivity contribution in [1.29, 1.82) is 0 Å². The molecule has 1 aromatic carbocycles. The van der Waals surface area contributed by atoms with Crippen LogP contribution in [0.25, 0.3) is 0 Å². The molecule has 1 aliphatic heterocycles. The summed E-state index contributed by atoms with van der Waals surface area (Å²) < 4.78 is 20.9. The van der Waals surface area contributed by atoms with E-state index >= 15 is 0 Å². The van der Waals surface area contributed by atoms with Crippen LogP contribution in [-0.2, 0) is 9.53 Å². The SMILES string of the molecule is C=C1NC(=O)NC(c2ccc(OC)c(OC)c2OC)C1C(=O)OC. The largest absolute Gasteiger partial charge is 0.493 e. The van der Waals surface area contributed by atoms with Crippen molar-refractivity contribution in [3.8, 4) is 17.2 Å². The molecule has 2 amide bonds. The lowest BCUT2D eigenvalue weighted by atomic mass is 9.88. The molecular formula is C16H20N2O6. The first-order valence-electron chi connectivity index (χ1n) is 7.11. The molecule has 2 rings (SSSR count). The second kappa shape index (κ2) is 7.12. The van der Waals surface area contributed by atoms with E-state index in [2.05, 4.69) is 17.2 Å². The Balaban J connectivity index is 2.60. The van der Waals surface area contributed by atoms with Gasteiger partial charge in [-0.2, -0.15) is 0 Å². The minimum Gasteiger partial charge on any atom is -0.493 e. The molecule has 1 heterocycles. The van der Waals surface area contributed by atoms with Crippen molar-refractivity contribution in [3.05, 3.63) is 30.0 Å². The molecule has 0 bridgehead atoms. The topological polar surface area (TPSA) is 95.1 Å². The molecule has 0 aromatic heterocycles. The van der Waals surface area contributed by atoms with Gasteiger partial charge in [0, 0.05) is 11.3 Å². The highest BCUT2D eigenvalue weighted by Crippen LogP contribution is 2.44. The first-order valence-corrected chi connectivity index (χ1v) is 7.11. The van der Waals surface area contributed by atoms with E-state index in [0.717, 1.165) is 0 Å². The summed E-state index contributed by atoms with van der Waals surface area (Å²) in [5.41, 5.74) is 0.786. The van der Waals surface area contributed by atoms with Crippen LogP contribution in [0.3, 0.4) is 0 Å². The maximum Gasteiger partial charge on any atom is 0.319 e. The molecule has 130 valence electrons. The quantitative estimate of drug-likeness (QED) is 0.789. The van der Waals surface area contributed by atoms with Crippen LogP contribution in [-0.4, -0.2) is 40.4 Å². The Kier molecular flexibility index (Phi) is 5.18. The molecule has 1 aliphatic rings. The maximum absolute atomic E-state index is 12.2. The van der Waals surface area contributed by atoms with Gasteiger partial charge in [-0.15, -0.1) is 0 Å². The zero-order valence-corrected chi connectivity index (χ0v) is 14.0. The lowest BCUT2D eigenvalue weighted by Gasteiger charge is -2.33. The van der Waals surface area contributed by atoms with Crippen LogP contribution >= 0.6 is 0 Å². The van der Waals surface area contributed by atoms with Gasteiger partial charge in [-0.05, 0) is 12.1 Å². The van der Waals surface area contributed by atoms with Gasteiger partial charge in [0.1, 0.15) is 5.92 Å². The minimum absolute atomic E-state index is 0.243. The average Bonchev–Trinajstić information content (AvgIpc) is 2.58. The van der Waals surface area contributed by atoms with Gasteiger partial charge < -0.3 is 29.6 Å². The maximum atomic E-state index is 12.2. The summed E-state index contributed by atoms with van der Waals surface area (Å²) in [6.45, 7) is 3.75. The highest BCUT2D eigenvalue weighted by Gasteiger charge is 2.40. The van der Waals surface area contributed by atoms with Crippen LogP contribution in [0.2, 0.25) is 0 Å². The molecule has 8 heteroatoms. The number of hydrogen-bond donors (Lipinski definition) is 2. The van der Waals surface area contributed by atoms with E-state index in [1.807, 2.05) is 0 Å². The van der Waals surface area contributed by atoms with Crippen molar-refractivity contribution in [3.63, 3.8) is 0 Å². The molecule has 2 unspecified atom stereocenters. The van der Waals surface area contributed by atoms with E-state index in [4.69, 9.17) is 18.9 Å². The third-order valence-corrected chi connectivity index (χ3v) is 3.79. The Morgan fingerprint density at radius 2 is 1.75 bits per heavy atom. The molecule has 1 aromatic rings. The number of carbonyl (C=O) groups excluding carboxylic acids is 2. The van der Waals surface area contributed by atoms with Gasteiger partial charge in [0.25, 0.3) is 0 Å². The highest BCUT2D eigenvalue weighted by molar-refractivity contribution is 5.85. The Bertz CT molecular complexity index is 673. The van der Waals surface area contributed by atoms with Crippen molar-refractivity contribution in [2.24, 2.45) is 5.92 Å². The van der Waals surface area contributed by atoms with Crippen molar-refractivity contribution >= 4 is 12.0 Å². The summed E-state index contributed by atoms with van der Waals surface area (Å²) in [4.78, 5) is 24.0. The Morgan fingerprint density at radius 3 is 2.29 bits per heavy atom. The van der Waals surface area contributed by atoms with Crippen LogP contribution in [0.5, 0.6) is 17.2 Å². The first-order chi connectivity index (χ1) is 11.5. The monoisotopic (exact) mass is 336 g/mol. The van der Waals surface area contributed by atoms with Crippen LogP contribution < -0.4 is 24.8 Å². The van der Waals surface area contributed by atoms with Crippen LogP contribution in [0.15, 0.2) is 24.4 Å². The normalized spacial score (nSPS) is 19.8. The van der Waals surface area contributed by atoms with Gasteiger partial charge >= 0.3 is 12.0 Å². The number of esters is 1. The summed E-state index contributed by atoms with van der Waals surface area (Å²) in [6.07, 6.45) is 0. The van der Waals surface area contributed by atoms with Crippen LogP contribution in [0.1, 0.15) is 11.6 Å². The van der Waals surface area contributed by atoms with Gasteiger partial charge in [0.15, 0.2) is 11.5 Å². The number of carbonyl (C=O) groups is 2. The number of benzene rings is 1. The van der Waals surface area contributed by atoms with E-state index in [1.54, 1.807) is 12.1 Å². The Labute approximate surface area is 139 Å². The standard InChI is InChI=1S/C16H20N2O6/c1-8-11(15(19)24-5)12(18-16(20)17-8)9-6-7-10(21-2)14(23-4)13(9)22-3/h6-7,11-12H,1H2,2-5H3,(H2,17,18,20). The first kappa shape index (κ1) is 17.5. The fourth-order valence-corrected chi connectivity index (χ4v) is 2.72. The zero-order valence-electron chi connectivity index (χ0n) is 14.0. The fraction of sp³-hybridized carbons (Fsp3) is 0.375. The third kappa shape index (κ3) is 2.94. The Morgan fingerprint density at radius 1 is 1.08 bits per heavy atom. The number of nitrogens with one attached hydrogen (secondary N) is 2. The molecular weight excluding hydrogens is 316 g/mol. The van der Waals surface area contributed by atoms with Gasteiger partial charge in [0.2, 0.25) is 5.75 Å². The molecule has 0 aliphatic carbocycles. The average molecular weight is 336 g/mol. The molecule has 24 heavy (non-hydrogen) atoms. The molecule has 2 N–H and O–H groups in total. The molecule has 0 spiro atoms. The number of amides is 2. The Hall–Kier alpha value is -2.90. The molecule has 8 nitrogen and oxygen atoms in total. The second-order valence-electron chi connectivity index (χ2n) is 5.03. The number of ether oxygens (including phenoxy) is 4. The predicted octanol–water partition coefficient (Wildman–Crippen LogP) is 1.37. The number of methoxy groups -OCH3 is 4. The van der Waals surface area contributed by atoms with E-state index < -0.39 is 24.0 Å². The summed E-state index contributed by atoms with van der Waals surface area (Å²) in [7, 11) is 5.71. The third-order valence-electron chi connectivity index (χ3n) is 3.79. The van der Waals surface area contributed by atoms with Crippen LogP contribution in [0, 0.1) is 5.92 Å². The second-order valence-corrected chi connectivity index (χ2v) is 5.03. The predicted molar refractivity (Wildman–Crippen MR) is 85.2 cm³/mol. The zero-order chi connectivity index (χ0) is 17.9. The summed E-state index contributed by atoms with van der Waals surface area (Å²) in [5, 5.41) is 5.19. The van der Waals surface area contributed by atoms with Crippen molar-refractivity contribution < 1.29 is 28.5 Å². The summed E-state index contributed by atoms with van der Waals surface area (Å²) in [5.74, 6) is -0.175. The smallest absolute Gasteiger partial charge is 0.319 e. The van der Waals surface area contributed by atoms with Crippen LogP contribution in [0.4, 0.5) is 4.79 Å². The number of urea groups is 1. The van der Waals surface area contributed by atoms with E-state index in [9.17, 15) is 9.59 Å². The van der Waals surface area contributed by atoms with E-state index in [-0.39, 0.29) is 5.70 Å². The molecule has 0 radical (unpaired) electrons. The molecule has 2 atom stereocenters. The minimum atomic E-state index is -0.820. The summed E-state index contributed by atoms with van der Waals surface area (Å²) >= 11 is 0. The fourth-order valence-electron chi connectivity index (χ4n) is 2.72. The highest BCUT2D eigenvalue weighted by atomic mass is 16.5. The van der Waals surface area contributed by atoms with Gasteiger partial charge in [-0.25, -0.2) is 4.79 Å². The molecule has 1 fully saturated rings. The van der Waals surface area contributed by atoms with Gasteiger partial charge in [-0.1, -0.05) is 6.58 Å². The van der Waals surface area contributed by atoms with Gasteiger partial charge in [0.05, 0.1) is 34.5 Å². The number of rotatable bonds is 5. The van der Waals surface area contributed by atoms with Gasteiger partial charge in [-0.3, -0.25) is 4.79 Å². The molecule has 1 saturated heterocycles. The summed E-state index contributed by atoms with van der Waals surface area (Å²) in [6, 6.07) is 2.16. The van der Waals surface area contributed by atoms with Crippen molar-refractivity contribution in [2.75, 3.05) is 28.4 Å². The molecule has 0 saturated carbocycles. The lowest BCUT2D eigenvalue weighted by Crippen LogP contribution is -2.51. The number of hydrogen-bond acceptors (Lipinski definition) is 6.